The molecule has 0 spiro atoms. The second kappa shape index (κ2) is 7.88. The van der Waals surface area contributed by atoms with Gasteiger partial charge < -0.3 is 10.1 Å². The average Bonchev–Trinajstić information content (AvgIpc) is 3.21. The number of amides is 1. The molecule has 2 N–H and O–H groups in total. The lowest BCUT2D eigenvalue weighted by atomic mass is 9.84. The van der Waals surface area contributed by atoms with Crippen LogP contribution in [-0.2, 0) is 19.6 Å². The zero-order valence-corrected chi connectivity index (χ0v) is 16.4. The van der Waals surface area contributed by atoms with Gasteiger partial charge in [0.25, 0.3) is 5.91 Å². The summed E-state index contributed by atoms with van der Waals surface area (Å²) in [6, 6.07) is 6.03. The molecule has 2 saturated carbocycles. The molecule has 0 saturated heterocycles. The normalized spacial score (nSPS) is 25.0. The van der Waals surface area contributed by atoms with Crippen LogP contribution in [0.3, 0.4) is 0 Å². The van der Waals surface area contributed by atoms with E-state index in [0.717, 1.165) is 12.2 Å². The quantitative estimate of drug-likeness (QED) is 0.690. The van der Waals surface area contributed by atoms with E-state index >= 15 is 0 Å². The van der Waals surface area contributed by atoms with E-state index in [0.29, 0.717) is 11.8 Å². The zero-order chi connectivity index (χ0) is 19.6. The van der Waals surface area contributed by atoms with Crippen LogP contribution in [0, 0.1) is 17.8 Å². The van der Waals surface area contributed by atoms with Gasteiger partial charge in [-0.3, -0.25) is 9.52 Å². The third-order valence-corrected chi connectivity index (χ3v) is 6.17. The van der Waals surface area contributed by atoms with E-state index in [9.17, 15) is 18.0 Å². The number of hydrogen-bond acceptors (Lipinski definition) is 5. The number of anilines is 1. The van der Waals surface area contributed by atoms with Crippen LogP contribution >= 0.6 is 0 Å². The summed E-state index contributed by atoms with van der Waals surface area (Å²) < 4.78 is 29.9. The lowest BCUT2D eigenvalue weighted by Crippen LogP contribution is -2.42. The SMILES string of the molecule is CC(NC(=O)COC(=O)c1cccc(NS(C)(=O)=O)c1)C1CC2CCC1C2. The fourth-order valence-electron chi connectivity index (χ4n) is 4.45. The lowest BCUT2D eigenvalue weighted by molar-refractivity contribution is -0.125. The third kappa shape index (κ3) is 5.22. The van der Waals surface area contributed by atoms with Crippen LogP contribution in [0.4, 0.5) is 5.69 Å². The first-order valence-corrected chi connectivity index (χ1v) is 11.1. The Kier molecular flexibility index (Phi) is 5.74. The van der Waals surface area contributed by atoms with Crippen molar-refractivity contribution in [1.82, 2.24) is 5.32 Å². The molecule has 8 heteroatoms. The van der Waals surface area contributed by atoms with Gasteiger partial charge >= 0.3 is 5.97 Å². The van der Waals surface area contributed by atoms with E-state index in [1.54, 1.807) is 6.07 Å². The van der Waals surface area contributed by atoms with Gasteiger partial charge in [0.05, 0.1) is 11.8 Å². The Balaban J connectivity index is 1.48. The molecule has 0 aromatic heterocycles. The Morgan fingerprint density at radius 2 is 2.04 bits per heavy atom. The summed E-state index contributed by atoms with van der Waals surface area (Å²) in [4.78, 5) is 24.3. The molecular weight excluding hydrogens is 368 g/mol. The van der Waals surface area contributed by atoms with Crippen molar-refractivity contribution < 1.29 is 22.7 Å². The van der Waals surface area contributed by atoms with Crippen molar-refractivity contribution in [1.29, 1.82) is 0 Å². The first kappa shape index (κ1) is 19.7. The number of rotatable bonds is 7. The highest BCUT2D eigenvalue weighted by Gasteiger charge is 2.42. The number of esters is 1. The number of carbonyl (C=O) groups excluding carboxylic acids is 2. The van der Waals surface area contributed by atoms with Gasteiger partial charge in [-0.15, -0.1) is 0 Å². The Morgan fingerprint density at radius 3 is 2.67 bits per heavy atom. The van der Waals surface area contributed by atoms with Crippen LogP contribution in [-0.4, -0.2) is 39.2 Å². The van der Waals surface area contributed by atoms with Crippen LogP contribution in [0.5, 0.6) is 0 Å². The number of benzene rings is 1. The minimum atomic E-state index is -3.44. The van der Waals surface area contributed by atoms with Crippen molar-refractivity contribution in [2.45, 2.75) is 38.6 Å². The highest BCUT2D eigenvalue weighted by Crippen LogP contribution is 2.49. The topological polar surface area (TPSA) is 102 Å². The van der Waals surface area contributed by atoms with Gasteiger partial charge in [-0.1, -0.05) is 12.5 Å². The van der Waals surface area contributed by atoms with Gasteiger partial charge in [-0.05, 0) is 62.1 Å². The molecule has 0 heterocycles. The maximum Gasteiger partial charge on any atom is 0.338 e. The summed E-state index contributed by atoms with van der Waals surface area (Å²) in [6.45, 7) is 1.67. The number of nitrogens with one attached hydrogen (secondary N) is 2. The highest BCUT2D eigenvalue weighted by atomic mass is 32.2. The molecular formula is C19H26N2O5S. The molecule has 1 amide bonds. The third-order valence-electron chi connectivity index (χ3n) is 5.56. The van der Waals surface area contributed by atoms with Crippen molar-refractivity contribution >= 4 is 27.6 Å². The summed E-state index contributed by atoms with van der Waals surface area (Å²) in [5.41, 5.74) is 0.443. The summed E-state index contributed by atoms with van der Waals surface area (Å²) in [7, 11) is -3.44. The molecule has 7 nitrogen and oxygen atoms in total. The molecule has 2 bridgehead atoms. The van der Waals surface area contributed by atoms with E-state index in [4.69, 9.17) is 4.74 Å². The molecule has 27 heavy (non-hydrogen) atoms. The predicted octanol–water partition coefficient (Wildman–Crippen LogP) is 2.16. The molecule has 3 rings (SSSR count). The molecule has 1 aromatic rings. The molecule has 2 aliphatic carbocycles. The zero-order valence-electron chi connectivity index (χ0n) is 15.6. The van der Waals surface area contributed by atoms with E-state index in [-0.39, 0.29) is 29.8 Å². The van der Waals surface area contributed by atoms with Crippen LogP contribution in [0.15, 0.2) is 24.3 Å². The summed E-state index contributed by atoms with van der Waals surface area (Å²) in [5.74, 6) is 1.05. The summed E-state index contributed by atoms with van der Waals surface area (Å²) in [6.07, 6.45) is 6.04. The summed E-state index contributed by atoms with van der Waals surface area (Å²) in [5, 5.41) is 2.95. The first-order valence-electron chi connectivity index (χ1n) is 9.25. The molecule has 2 aliphatic rings. The Labute approximate surface area is 159 Å². The van der Waals surface area contributed by atoms with Crippen LogP contribution in [0.1, 0.15) is 43.0 Å². The second-order valence-electron chi connectivity index (χ2n) is 7.73. The molecule has 1 aromatic carbocycles. The minimum Gasteiger partial charge on any atom is -0.452 e. The standard InChI is InChI=1S/C19H26N2O5S/c1-12(17-9-13-6-7-14(17)8-13)20-18(22)11-26-19(23)15-4-3-5-16(10-15)21-27(2,24)25/h3-5,10,12-14,17,21H,6-9,11H2,1-2H3,(H,20,22). The van der Waals surface area contributed by atoms with E-state index in [2.05, 4.69) is 10.0 Å². The van der Waals surface area contributed by atoms with Gasteiger partial charge in [0.2, 0.25) is 10.0 Å². The van der Waals surface area contributed by atoms with Crippen LogP contribution in [0.25, 0.3) is 0 Å². The van der Waals surface area contributed by atoms with Gasteiger partial charge in [0, 0.05) is 11.7 Å². The molecule has 2 fully saturated rings. The Bertz CT molecular complexity index is 823. The highest BCUT2D eigenvalue weighted by molar-refractivity contribution is 7.92. The number of ether oxygens (including phenoxy) is 1. The first-order chi connectivity index (χ1) is 12.7. The minimum absolute atomic E-state index is 0.0776. The Hall–Kier alpha value is -2.09. The van der Waals surface area contributed by atoms with Crippen molar-refractivity contribution in [3.8, 4) is 0 Å². The van der Waals surface area contributed by atoms with Crippen molar-refractivity contribution in [3.05, 3.63) is 29.8 Å². The molecule has 148 valence electrons. The van der Waals surface area contributed by atoms with E-state index in [1.807, 2.05) is 6.92 Å². The lowest BCUT2D eigenvalue weighted by Gasteiger charge is -2.28. The number of carbonyl (C=O) groups is 2. The largest absolute Gasteiger partial charge is 0.452 e. The number of sulfonamides is 1. The molecule has 0 aliphatic heterocycles. The monoisotopic (exact) mass is 394 g/mol. The van der Waals surface area contributed by atoms with Gasteiger partial charge in [-0.2, -0.15) is 0 Å². The van der Waals surface area contributed by atoms with Gasteiger partial charge in [-0.25, -0.2) is 13.2 Å². The fourth-order valence-corrected chi connectivity index (χ4v) is 5.00. The second-order valence-corrected chi connectivity index (χ2v) is 9.47. The number of fused-ring (bicyclic) bond motifs is 2. The van der Waals surface area contributed by atoms with E-state index in [1.165, 1.54) is 43.9 Å². The Morgan fingerprint density at radius 1 is 1.26 bits per heavy atom. The fraction of sp³-hybridized carbons (Fsp3) is 0.579. The predicted molar refractivity (Wildman–Crippen MR) is 102 cm³/mol. The maximum absolute atomic E-state index is 12.1. The molecule has 0 radical (unpaired) electrons. The van der Waals surface area contributed by atoms with E-state index < -0.39 is 16.0 Å². The summed E-state index contributed by atoms with van der Waals surface area (Å²) >= 11 is 0. The number of hydrogen-bond donors (Lipinski definition) is 2. The molecule has 4 unspecified atom stereocenters. The van der Waals surface area contributed by atoms with Crippen molar-refractivity contribution in [2.24, 2.45) is 17.8 Å². The van der Waals surface area contributed by atoms with Gasteiger partial charge in [0.15, 0.2) is 6.61 Å². The average molecular weight is 394 g/mol. The van der Waals surface area contributed by atoms with Crippen LogP contribution < -0.4 is 10.0 Å². The van der Waals surface area contributed by atoms with Crippen molar-refractivity contribution in [3.63, 3.8) is 0 Å². The molecule has 4 atom stereocenters. The van der Waals surface area contributed by atoms with Crippen LogP contribution in [0.2, 0.25) is 0 Å². The van der Waals surface area contributed by atoms with Crippen molar-refractivity contribution in [2.75, 3.05) is 17.6 Å². The van der Waals surface area contributed by atoms with Gasteiger partial charge in [0.1, 0.15) is 0 Å². The maximum atomic E-state index is 12.1. The smallest absolute Gasteiger partial charge is 0.338 e.